The third kappa shape index (κ3) is 2.50. The lowest BCUT2D eigenvalue weighted by Crippen LogP contribution is -2.38. The van der Waals surface area contributed by atoms with Gasteiger partial charge in [-0.15, -0.1) is 0 Å². The summed E-state index contributed by atoms with van der Waals surface area (Å²) in [7, 11) is 0. The first-order valence-electron chi connectivity index (χ1n) is 6.62. The number of nitrogens with zero attached hydrogens (tertiary/aromatic N) is 1. The largest absolute Gasteiger partial charge is 0.303 e. The second-order valence-corrected chi connectivity index (χ2v) is 5.19. The van der Waals surface area contributed by atoms with Crippen LogP contribution in [0.1, 0.15) is 51.9 Å². The molecule has 1 unspecified atom stereocenters. The molecule has 0 aromatic carbocycles. The Morgan fingerprint density at radius 3 is 2.36 bits per heavy atom. The molecule has 0 radical (unpaired) electrons. The highest BCUT2D eigenvalue weighted by Crippen LogP contribution is 2.34. The maximum atomic E-state index is 2.66. The number of rotatable bonds is 2. The summed E-state index contributed by atoms with van der Waals surface area (Å²) in [6.45, 7) is 6.34. The number of piperidine rings is 1. The zero-order chi connectivity index (χ0) is 9.80. The van der Waals surface area contributed by atoms with Crippen LogP contribution in [0.25, 0.3) is 0 Å². The van der Waals surface area contributed by atoms with E-state index in [1.54, 1.807) is 0 Å². The van der Waals surface area contributed by atoms with Crippen LogP contribution < -0.4 is 0 Å². The van der Waals surface area contributed by atoms with Crippen molar-refractivity contribution in [2.45, 2.75) is 51.9 Å². The van der Waals surface area contributed by atoms with E-state index in [4.69, 9.17) is 0 Å². The molecular weight excluding hydrogens is 170 g/mol. The Bertz CT molecular complexity index is 161. The molecule has 1 heteroatoms. The quantitative estimate of drug-likeness (QED) is 0.653. The van der Waals surface area contributed by atoms with Crippen LogP contribution in [-0.4, -0.2) is 24.5 Å². The Labute approximate surface area is 88.9 Å². The summed E-state index contributed by atoms with van der Waals surface area (Å²) in [5.41, 5.74) is 0. The maximum Gasteiger partial charge on any atom is 0.00122 e. The first kappa shape index (κ1) is 10.5. The lowest BCUT2D eigenvalue weighted by Gasteiger charge is -2.38. The summed E-state index contributed by atoms with van der Waals surface area (Å²) >= 11 is 0. The first-order chi connectivity index (χ1) is 6.90. The van der Waals surface area contributed by atoms with E-state index in [2.05, 4.69) is 11.8 Å². The van der Waals surface area contributed by atoms with Crippen molar-refractivity contribution < 1.29 is 0 Å². The van der Waals surface area contributed by atoms with E-state index in [9.17, 15) is 0 Å². The summed E-state index contributed by atoms with van der Waals surface area (Å²) in [5.74, 6) is 2.13. The van der Waals surface area contributed by atoms with Gasteiger partial charge in [-0.05, 0) is 37.8 Å². The standard InChI is InChI=1S/C13H25N/c1-2-14-10-6-9-13(11-14)12-7-4-3-5-8-12/h12-13H,2-11H2,1H3. The minimum Gasteiger partial charge on any atom is -0.303 e. The maximum absolute atomic E-state index is 2.66. The summed E-state index contributed by atoms with van der Waals surface area (Å²) in [6.07, 6.45) is 10.5. The van der Waals surface area contributed by atoms with Crippen molar-refractivity contribution in [3.63, 3.8) is 0 Å². The zero-order valence-corrected chi connectivity index (χ0v) is 9.67. The van der Waals surface area contributed by atoms with Crippen LogP contribution in [0.4, 0.5) is 0 Å². The SMILES string of the molecule is CCN1CCCC(C2CCCCC2)C1. The van der Waals surface area contributed by atoms with Crippen molar-refractivity contribution >= 4 is 0 Å². The molecule has 82 valence electrons. The molecular formula is C13H25N. The molecule has 1 nitrogen and oxygen atoms in total. The molecule has 2 rings (SSSR count). The topological polar surface area (TPSA) is 3.24 Å². The van der Waals surface area contributed by atoms with E-state index in [-0.39, 0.29) is 0 Å². The van der Waals surface area contributed by atoms with Crippen molar-refractivity contribution in [3.8, 4) is 0 Å². The van der Waals surface area contributed by atoms with Crippen LogP contribution in [0.2, 0.25) is 0 Å². The first-order valence-corrected chi connectivity index (χ1v) is 6.62. The average molecular weight is 195 g/mol. The molecule has 0 amide bonds. The summed E-state index contributed by atoms with van der Waals surface area (Å²) in [5, 5.41) is 0. The molecule has 0 bridgehead atoms. The second kappa shape index (κ2) is 5.16. The van der Waals surface area contributed by atoms with Gasteiger partial charge in [0, 0.05) is 6.54 Å². The zero-order valence-electron chi connectivity index (χ0n) is 9.67. The molecule has 0 N–H and O–H groups in total. The molecule has 0 aromatic rings. The third-order valence-electron chi connectivity index (χ3n) is 4.31. The Balaban J connectivity index is 1.83. The normalized spacial score (nSPS) is 31.9. The van der Waals surface area contributed by atoms with Gasteiger partial charge >= 0.3 is 0 Å². The highest BCUT2D eigenvalue weighted by molar-refractivity contribution is 4.80. The third-order valence-corrected chi connectivity index (χ3v) is 4.31. The van der Waals surface area contributed by atoms with E-state index >= 15 is 0 Å². The molecule has 14 heavy (non-hydrogen) atoms. The Hall–Kier alpha value is -0.0400. The second-order valence-electron chi connectivity index (χ2n) is 5.19. The Morgan fingerprint density at radius 2 is 1.64 bits per heavy atom. The smallest absolute Gasteiger partial charge is 0.00122 e. The fraction of sp³-hybridized carbons (Fsp3) is 1.00. The van der Waals surface area contributed by atoms with Gasteiger partial charge in [-0.25, -0.2) is 0 Å². The monoisotopic (exact) mass is 195 g/mol. The van der Waals surface area contributed by atoms with Gasteiger partial charge in [-0.3, -0.25) is 0 Å². The van der Waals surface area contributed by atoms with Gasteiger partial charge in [0.2, 0.25) is 0 Å². The van der Waals surface area contributed by atoms with Crippen LogP contribution in [-0.2, 0) is 0 Å². The molecule has 1 heterocycles. The Kier molecular flexibility index (Phi) is 3.86. The van der Waals surface area contributed by atoms with E-state index in [0.29, 0.717) is 0 Å². The minimum absolute atomic E-state index is 1.05. The lowest BCUT2D eigenvalue weighted by molar-refractivity contribution is 0.119. The van der Waals surface area contributed by atoms with Gasteiger partial charge in [0.05, 0.1) is 0 Å². The predicted octanol–water partition coefficient (Wildman–Crippen LogP) is 3.30. The van der Waals surface area contributed by atoms with Crippen molar-refractivity contribution in [3.05, 3.63) is 0 Å². The Morgan fingerprint density at radius 1 is 0.929 bits per heavy atom. The van der Waals surface area contributed by atoms with Crippen LogP contribution in [0, 0.1) is 11.8 Å². The number of hydrogen-bond donors (Lipinski definition) is 0. The predicted molar refractivity (Wildman–Crippen MR) is 61.4 cm³/mol. The van der Waals surface area contributed by atoms with Gasteiger partial charge in [0.25, 0.3) is 0 Å². The molecule has 0 spiro atoms. The van der Waals surface area contributed by atoms with Gasteiger partial charge in [-0.2, -0.15) is 0 Å². The molecule has 1 atom stereocenters. The molecule has 1 aliphatic carbocycles. The van der Waals surface area contributed by atoms with E-state index in [1.165, 1.54) is 64.6 Å². The highest BCUT2D eigenvalue weighted by Gasteiger charge is 2.27. The van der Waals surface area contributed by atoms with Crippen LogP contribution in [0.5, 0.6) is 0 Å². The fourth-order valence-electron chi connectivity index (χ4n) is 3.37. The van der Waals surface area contributed by atoms with Gasteiger partial charge < -0.3 is 4.90 Å². The van der Waals surface area contributed by atoms with Crippen molar-refractivity contribution in [1.29, 1.82) is 0 Å². The summed E-state index contributed by atoms with van der Waals surface area (Å²) in [4.78, 5) is 2.66. The molecule has 0 aromatic heterocycles. The highest BCUT2D eigenvalue weighted by atomic mass is 15.1. The molecule has 2 fully saturated rings. The van der Waals surface area contributed by atoms with Crippen LogP contribution in [0.3, 0.4) is 0 Å². The van der Waals surface area contributed by atoms with Crippen molar-refractivity contribution in [2.75, 3.05) is 19.6 Å². The fourth-order valence-corrected chi connectivity index (χ4v) is 3.37. The molecule has 1 aliphatic heterocycles. The number of hydrogen-bond acceptors (Lipinski definition) is 1. The van der Waals surface area contributed by atoms with Crippen LogP contribution >= 0.6 is 0 Å². The lowest BCUT2D eigenvalue weighted by atomic mass is 9.76. The number of likely N-dealkylation sites (tertiary alicyclic amines) is 1. The van der Waals surface area contributed by atoms with E-state index in [0.717, 1.165) is 11.8 Å². The summed E-state index contributed by atoms with van der Waals surface area (Å²) < 4.78 is 0. The van der Waals surface area contributed by atoms with E-state index in [1.807, 2.05) is 0 Å². The van der Waals surface area contributed by atoms with Gasteiger partial charge in [-0.1, -0.05) is 39.0 Å². The van der Waals surface area contributed by atoms with Crippen LogP contribution in [0.15, 0.2) is 0 Å². The van der Waals surface area contributed by atoms with Gasteiger partial charge in [0.1, 0.15) is 0 Å². The molecule has 2 aliphatic rings. The molecule has 1 saturated carbocycles. The molecule has 1 saturated heterocycles. The van der Waals surface area contributed by atoms with Crippen molar-refractivity contribution in [2.24, 2.45) is 11.8 Å². The van der Waals surface area contributed by atoms with Crippen molar-refractivity contribution in [1.82, 2.24) is 4.90 Å². The van der Waals surface area contributed by atoms with E-state index < -0.39 is 0 Å². The van der Waals surface area contributed by atoms with Gasteiger partial charge in [0.15, 0.2) is 0 Å². The average Bonchev–Trinajstić information content (AvgIpc) is 2.30. The summed E-state index contributed by atoms with van der Waals surface area (Å²) in [6, 6.07) is 0. The minimum atomic E-state index is 1.05.